The highest BCUT2D eigenvalue weighted by Crippen LogP contribution is 2.59. The number of aliphatic hydroxyl groups is 1. The Morgan fingerprint density at radius 3 is 2.34 bits per heavy atom. The lowest BCUT2D eigenvalue weighted by Crippen LogP contribution is -2.52. The van der Waals surface area contributed by atoms with Crippen LogP contribution in [0.15, 0.2) is 66.7 Å². The number of hydrogen-bond acceptors (Lipinski definition) is 7. The Labute approximate surface area is 276 Å². The molecule has 248 valence electrons. The zero-order chi connectivity index (χ0) is 33.5. The molecule has 0 radical (unpaired) electrons. The lowest BCUT2D eigenvalue weighted by atomic mass is 9.82. The molecule has 11 heteroatoms. The van der Waals surface area contributed by atoms with E-state index in [9.17, 15) is 19.5 Å². The van der Waals surface area contributed by atoms with Gasteiger partial charge in [0.15, 0.2) is 5.60 Å². The normalized spacial score (nSPS) is 25.1. The number of ether oxygens (including phenoxy) is 3. The Morgan fingerprint density at radius 2 is 1.70 bits per heavy atom. The highest BCUT2D eigenvalue weighted by Gasteiger charge is 2.65. The van der Waals surface area contributed by atoms with Gasteiger partial charge in [-0.05, 0) is 73.0 Å². The predicted molar refractivity (Wildman–Crippen MR) is 182 cm³/mol. The molecule has 5 atom stereocenters. The van der Waals surface area contributed by atoms with Crippen LogP contribution < -0.4 is 25.3 Å². The molecule has 0 aliphatic carbocycles. The third kappa shape index (κ3) is 5.70. The minimum absolute atomic E-state index is 0.0699. The van der Waals surface area contributed by atoms with Crippen molar-refractivity contribution in [3.05, 3.63) is 77.9 Å². The lowest BCUT2D eigenvalue weighted by molar-refractivity contribution is -0.148. The first-order chi connectivity index (χ1) is 22.5. The van der Waals surface area contributed by atoms with E-state index in [-0.39, 0.29) is 48.3 Å². The SMILES string of the molecule is COc1ccc(C(=O)Nc2ccc3c(c2)[C@@]2(O[C@H](CC(=O)N4CCC[C@H]4CO)[C@@H]([Si](C)(C)c4ccc(OC)cc4)[C@@H]2C)C(=O)N3)cc1. The zero-order valence-electron chi connectivity index (χ0n) is 27.5. The van der Waals surface area contributed by atoms with Gasteiger partial charge < -0.3 is 34.9 Å². The standard InChI is InChI=1S/C36H43N3O7Si/c1-22-33(47(4,5)28-15-13-27(45-3)14-16-28)31(20-32(41)39-18-6-7-25(39)21-40)46-36(22)29-19-24(10-17-30(29)38-35(36)43)37-34(42)23-8-11-26(44-2)12-9-23/h8-17,19,22,25,31,33,40H,6-7,18,20-21H2,1-5H3,(H,37,42)(H,38,43)/t22-,25-,31+,33-,36+/m0/s1. The van der Waals surface area contributed by atoms with E-state index in [0.29, 0.717) is 34.8 Å². The number of hydrogen-bond donors (Lipinski definition) is 3. The predicted octanol–water partition coefficient (Wildman–Crippen LogP) is 4.50. The number of rotatable bonds is 9. The van der Waals surface area contributed by atoms with Crippen molar-refractivity contribution in [2.24, 2.45) is 5.92 Å². The highest BCUT2D eigenvalue weighted by molar-refractivity contribution is 6.91. The van der Waals surface area contributed by atoms with Gasteiger partial charge in [0.1, 0.15) is 11.5 Å². The first-order valence-electron chi connectivity index (χ1n) is 16.2. The number of amides is 3. The molecular formula is C36H43N3O7Si. The molecule has 3 heterocycles. The first-order valence-corrected chi connectivity index (χ1v) is 19.2. The number of benzene rings is 3. The molecule has 0 bridgehead atoms. The van der Waals surface area contributed by atoms with Crippen molar-refractivity contribution in [1.82, 2.24) is 4.90 Å². The van der Waals surface area contributed by atoms with Crippen LogP contribution in [0, 0.1) is 5.92 Å². The molecule has 3 aliphatic heterocycles. The number of carbonyl (C=O) groups is 3. The van der Waals surface area contributed by atoms with Gasteiger partial charge in [0.2, 0.25) is 5.91 Å². The van der Waals surface area contributed by atoms with Crippen LogP contribution in [0.4, 0.5) is 11.4 Å². The van der Waals surface area contributed by atoms with Gasteiger partial charge in [-0.15, -0.1) is 0 Å². The summed E-state index contributed by atoms with van der Waals surface area (Å²) in [5, 5.41) is 17.1. The molecule has 3 aromatic carbocycles. The summed E-state index contributed by atoms with van der Waals surface area (Å²) in [6.45, 7) is 7.11. The summed E-state index contributed by atoms with van der Waals surface area (Å²) in [7, 11) is 0.770. The van der Waals surface area contributed by atoms with Crippen LogP contribution in [0.5, 0.6) is 11.5 Å². The zero-order valence-corrected chi connectivity index (χ0v) is 28.5. The molecule has 3 amide bonds. The maximum absolute atomic E-state index is 14.1. The second kappa shape index (κ2) is 12.8. The van der Waals surface area contributed by atoms with Gasteiger partial charge in [-0.25, -0.2) is 0 Å². The number of methoxy groups -OCH3 is 2. The molecule has 2 fully saturated rings. The summed E-state index contributed by atoms with van der Waals surface area (Å²) in [5.41, 5.74) is 0.792. The van der Waals surface area contributed by atoms with Crippen molar-refractivity contribution in [2.75, 3.05) is 38.0 Å². The fraction of sp³-hybridized carbons (Fsp3) is 0.417. The molecule has 0 unspecified atom stereocenters. The number of nitrogens with one attached hydrogen (secondary N) is 2. The van der Waals surface area contributed by atoms with Crippen LogP contribution in [0.2, 0.25) is 18.6 Å². The largest absolute Gasteiger partial charge is 0.497 e. The van der Waals surface area contributed by atoms with Crippen molar-refractivity contribution in [3.8, 4) is 11.5 Å². The average Bonchev–Trinajstić information content (AvgIpc) is 3.75. The van der Waals surface area contributed by atoms with E-state index >= 15 is 0 Å². The lowest BCUT2D eigenvalue weighted by Gasteiger charge is -2.37. The van der Waals surface area contributed by atoms with Crippen molar-refractivity contribution < 1.29 is 33.7 Å². The Balaban J connectivity index is 1.37. The molecule has 1 spiro atoms. The Morgan fingerprint density at radius 1 is 1.04 bits per heavy atom. The fourth-order valence-electron chi connectivity index (χ4n) is 8.00. The minimum atomic E-state index is -2.44. The number of likely N-dealkylation sites (tertiary alicyclic amines) is 1. The third-order valence-corrected chi connectivity index (χ3v) is 14.8. The number of aliphatic hydroxyl groups excluding tert-OH is 1. The van der Waals surface area contributed by atoms with E-state index in [1.165, 1.54) is 5.19 Å². The molecular weight excluding hydrogens is 614 g/mol. The van der Waals surface area contributed by atoms with Crippen LogP contribution in [0.25, 0.3) is 0 Å². The summed E-state index contributed by atoms with van der Waals surface area (Å²) >= 11 is 0. The molecule has 6 rings (SSSR count). The third-order valence-electron chi connectivity index (χ3n) is 10.5. The van der Waals surface area contributed by atoms with Crippen molar-refractivity contribution in [2.45, 2.75) is 62.6 Å². The van der Waals surface area contributed by atoms with Gasteiger partial charge in [0, 0.05) is 35.0 Å². The van der Waals surface area contributed by atoms with Crippen LogP contribution >= 0.6 is 0 Å². The van der Waals surface area contributed by atoms with Crippen LogP contribution in [-0.2, 0) is 19.9 Å². The van der Waals surface area contributed by atoms with E-state index in [0.717, 1.165) is 18.6 Å². The van der Waals surface area contributed by atoms with Crippen LogP contribution in [0.1, 0.15) is 42.1 Å². The van der Waals surface area contributed by atoms with E-state index in [2.05, 4.69) is 42.8 Å². The Kier molecular flexibility index (Phi) is 8.90. The molecule has 3 aliphatic rings. The van der Waals surface area contributed by atoms with E-state index < -0.39 is 19.8 Å². The van der Waals surface area contributed by atoms with Crippen LogP contribution in [-0.4, -0.2) is 75.3 Å². The first kappa shape index (κ1) is 32.7. The Bertz CT molecular complexity index is 1660. The van der Waals surface area contributed by atoms with E-state index in [1.807, 2.05) is 18.2 Å². The molecule has 0 aromatic heterocycles. The highest BCUT2D eigenvalue weighted by atomic mass is 28.3. The average molecular weight is 658 g/mol. The summed E-state index contributed by atoms with van der Waals surface area (Å²) in [4.78, 5) is 42.9. The van der Waals surface area contributed by atoms with E-state index in [1.54, 1.807) is 55.5 Å². The second-order valence-corrected chi connectivity index (χ2v) is 18.0. The Hall–Kier alpha value is -4.19. The second-order valence-electron chi connectivity index (χ2n) is 13.3. The monoisotopic (exact) mass is 657 g/mol. The maximum atomic E-state index is 14.1. The van der Waals surface area contributed by atoms with Gasteiger partial charge in [0.05, 0.1) is 47.5 Å². The fourth-order valence-corrected chi connectivity index (χ4v) is 12.0. The smallest absolute Gasteiger partial charge is 0.261 e. The number of fused-ring (bicyclic) bond motifs is 2. The number of anilines is 2. The summed E-state index contributed by atoms with van der Waals surface area (Å²) in [6.07, 6.45) is 1.18. The molecule has 3 N–H and O–H groups in total. The maximum Gasteiger partial charge on any atom is 0.261 e. The molecule has 10 nitrogen and oxygen atoms in total. The van der Waals surface area contributed by atoms with Gasteiger partial charge >= 0.3 is 0 Å². The molecule has 3 aromatic rings. The summed E-state index contributed by atoms with van der Waals surface area (Å²) < 4.78 is 17.6. The minimum Gasteiger partial charge on any atom is -0.497 e. The van der Waals surface area contributed by atoms with Gasteiger partial charge in [0.25, 0.3) is 11.8 Å². The van der Waals surface area contributed by atoms with Crippen molar-refractivity contribution >= 4 is 42.4 Å². The van der Waals surface area contributed by atoms with Gasteiger partial charge in [-0.3, -0.25) is 14.4 Å². The molecule has 47 heavy (non-hydrogen) atoms. The number of nitrogens with zero attached hydrogens (tertiary/aromatic N) is 1. The number of carbonyl (C=O) groups excluding carboxylic acids is 3. The van der Waals surface area contributed by atoms with Crippen molar-refractivity contribution in [3.63, 3.8) is 0 Å². The molecule has 0 saturated carbocycles. The van der Waals surface area contributed by atoms with Gasteiger partial charge in [-0.1, -0.05) is 37.3 Å². The van der Waals surface area contributed by atoms with Gasteiger partial charge in [-0.2, -0.15) is 0 Å². The summed E-state index contributed by atoms with van der Waals surface area (Å²) in [5.74, 6) is 0.475. The van der Waals surface area contributed by atoms with E-state index in [4.69, 9.17) is 14.2 Å². The van der Waals surface area contributed by atoms with Crippen molar-refractivity contribution in [1.29, 1.82) is 0 Å². The van der Waals surface area contributed by atoms with Crippen LogP contribution in [0.3, 0.4) is 0 Å². The topological polar surface area (TPSA) is 126 Å². The quantitative estimate of drug-likeness (QED) is 0.290. The molecule has 2 saturated heterocycles. The summed E-state index contributed by atoms with van der Waals surface area (Å²) in [6, 6.07) is 20.1.